The fraction of sp³-hybridized carbons (Fsp3) is 0.333. The number of para-hydroxylation sites is 1. The summed E-state index contributed by atoms with van der Waals surface area (Å²) >= 11 is 7.77. The number of methoxy groups -OCH3 is 1. The van der Waals surface area contributed by atoms with Crippen LogP contribution in [0.1, 0.15) is 23.2 Å². The van der Waals surface area contributed by atoms with Crippen LogP contribution >= 0.6 is 22.9 Å². The van der Waals surface area contributed by atoms with Gasteiger partial charge in [0.2, 0.25) is 0 Å². The Morgan fingerprint density at radius 2 is 2.07 bits per heavy atom. The monoisotopic (exact) mass is 415 g/mol. The zero-order valence-corrected chi connectivity index (χ0v) is 17.2. The average molecular weight is 416 g/mol. The van der Waals surface area contributed by atoms with E-state index in [1.807, 2.05) is 12.1 Å². The first-order valence-corrected chi connectivity index (χ1v) is 10.6. The Hall–Kier alpha value is -2.31. The minimum atomic E-state index is -0.145. The Morgan fingerprint density at radius 1 is 1.29 bits per heavy atom. The molecule has 1 amide bonds. The van der Waals surface area contributed by atoms with Gasteiger partial charge >= 0.3 is 0 Å². The number of piperidine rings is 1. The van der Waals surface area contributed by atoms with Crippen molar-refractivity contribution >= 4 is 44.2 Å². The van der Waals surface area contributed by atoms with Crippen LogP contribution in [0.15, 0.2) is 42.5 Å². The molecule has 28 heavy (non-hydrogen) atoms. The molecule has 2 aromatic carbocycles. The van der Waals surface area contributed by atoms with Gasteiger partial charge in [0.15, 0.2) is 5.13 Å². The molecule has 1 fully saturated rings. The molecule has 1 aliphatic rings. The van der Waals surface area contributed by atoms with Gasteiger partial charge in [0, 0.05) is 24.7 Å². The van der Waals surface area contributed by atoms with E-state index in [-0.39, 0.29) is 5.91 Å². The van der Waals surface area contributed by atoms with Crippen LogP contribution in [0.5, 0.6) is 5.75 Å². The molecule has 5 nitrogen and oxygen atoms in total. The summed E-state index contributed by atoms with van der Waals surface area (Å²) in [7, 11) is 1.55. The van der Waals surface area contributed by atoms with Crippen LogP contribution in [-0.2, 0) is 0 Å². The number of amides is 1. The topological polar surface area (TPSA) is 54.5 Å². The largest absolute Gasteiger partial charge is 0.496 e. The van der Waals surface area contributed by atoms with E-state index in [1.54, 1.807) is 36.6 Å². The number of nitrogens with one attached hydrogen (secondary N) is 1. The molecular formula is C21H22ClN3O2S. The summed E-state index contributed by atoms with van der Waals surface area (Å²) in [5.74, 6) is 0.847. The highest BCUT2D eigenvalue weighted by molar-refractivity contribution is 7.22. The van der Waals surface area contributed by atoms with Crippen molar-refractivity contribution in [3.8, 4) is 5.75 Å². The van der Waals surface area contributed by atoms with Gasteiger partial charge in [-0.05, 0) is 49.1 Å². The third-order valence-electron chi connectivity index (χ3n) is 5.13. The lowest BCUT2D eigenvalue weighted by molar-refractivity contribution is 0.0942. The van der Waals surface area contributed by atoms with Gasteiger partial charge in [0.1, 0.15) is 5.75 Å². The molecule has 1 aliphatic heterocycles. The molecule has 1 saturated heterocycles. The molecule has 1 N–H and O–H groups in total. The maximum atomic E-state index is 12.5. The average Bonchev–Trinajstić information content (AvgIpc) is 3.16. The van der Waals surface area contributed by atoms with Crippen molar-refractivity contribution in [3.63, 3.8) is 0 Å². The van der Waals surface area contributed by atoms with Crippen molar-refractivity contribution in [1.82, 2.24) is 10.3 Å². The van der Waals surface area contributed by atoms with Gasteiger partial charge in [-0.25, -0.2) is 4.98 Å². The third kappa shape index (κ3) is 4.08. The minimum Gasteiger partial charge on any atom is -0.496 e. The van der Waals surface area contributed by atoms with Crippen LogP contribution in [0.4, 0.5) is 5.13 Å². The maximum Gasteiger partial charge on any atom is 0.255 e. The summed E-state index contributed by atoms with van der Waals surface area (Å²) in [6.45, 7) is 2.57. The molecule has 0 aliphatic carbocycles. The van der Waals surface area contributed by atoms with Gasteiger partial charge in [-0.2, -0.15) is 0 Å². The number of ether oxygens (including phenoxy) is 1. The number of benzene rings is 2. The number of hydrogen-bond donors (Lipinski definition) is 1. The van der Waals surface area contributed by atoms with Crippen molar-refractivity contribution in [2.45, 2.75) is 12.8 Å². The van der Waals surface area contributed by atoms with E-state index in [4.69, 9.17) is 21.3 Å². The van der Waals surface area contributed by atoms with Gasteiger partial charge in [-0.15, -0.1) is 0 Å². The lowest BCUT2D eigenvalue weighted by atomic mass is 9.97. The van der Waals surface area contributed by atoms with Gasteiger partial charge in [0.05, 0.1) is 22.9 Å². The standard InChI is InChI=1S/C21H22ClN3O2S/c1-27-18-7-6-15(22)12-16(18)20(26)23-13-14-8-10-25(11-9-14)21-24-17-4-2-3-5-19(17)28-21/h2-7,12,14H,8-11,13H2,1H3,(H,23,26). The first kappa shape index (κ1) is 19.0. The molecule has 0 unspecified atom stereocenters. The normalized spacial score (nSPS) is 15.0. The van der Waals surface area contributed by atoms with Crippen LogP contribution in [-0.4, -0.2) is 37.6 Å². The molecule has 0 bridgehead atoms. The number of carbonyl (C=O) groups excluding carboxylic acids is 1. The van der Waals surface area contributed by atoms with E-state index in [2.05, 4.69) is 22.3 Å². The van der Waals surface area contributed by atoms with Gasteiger partial charge in [-0.1, -0.05) is 35.1 Å². The van der Waals surface area contributed by atoms with E-state index >= 15 is 0 Å². The summed E-state index contributed by atoms with van der Waals surface area (Å²) in [4.78, 5) is 19.6. The molecule has 0 atom stereocenters. The fourth-order valence-corrected chi connectivity index (χ4v) is 4.70. The number of rotatable bonds is 5. The fourth-order valence-electron chi connectivity index (χ4n) is 3.51. The second-order valence-electron chi connectivity index (χ2n) is 6.95. The van der Waals surface area contributed by atoms with Crippen LogP contribution in [0.3, 0.4) is 0 Å². The predicted octanol–water partition coefficient (Wildman–Crippen LogP) is 4.60. The molecule has 0 spiro atoms. The Balaban J connectivity index is 1.32. The smallest absolute Gasteiger partial charge is 0.255 e. The quantitative estimate of drug-likeness (QED) is 0.661. The van der Waals surface area contributed by atoms with Gasteiger partial charge in [0.25, 0.3) is 5.91 Å². The number of fused-ring (bicyclic) bond motifs is 1. The Morgan fingerprint density at radius 3 is 2.82 bits per heavy atom. The zero-order valence-electron chi connectivity index (χ0n) is 15.7. The number of halogens is 1. The number of hydrogen-bond acceptors (Lipinski definition) is 5. The van der Waals surface area contributed by atoms with Crippen LogP contribution in [0, 0.1) is 5.92 Å². The SMILES string of the molecule is COc1ccc(Cl)cc1C(=O)NCC1CCN(c2nc3ccccc3s2)CC1. The molecule has 0 saturated carbocycles. The van der Waals surface area contributed by atoms with Crippen LogP contribution in [0.25, 0.3) is 10.2 Å². The summed E-state index contributed by atoms with van der Waals surface area (Å²) in [6.07, 6.45) is 2.06. The summed E-state index contributed by atoms with van der Waals surface area (Å²) in [6, 6.07) is 13.3. The van der Waals surface area contributed by atoms with E-state index in [1.165, 1.54) is 4.70 Å². The van der Waals surface area contributed by atoms with E-state index in [0.29, 0.717) is 28.8 Å². The second-order valence-corrected chi connectivity index (χ2v) is 8.39. The molecule has 0 radical (unpaired) electrons. The van der Waals surface area contributed by atoms with Crippen molar-refractivity contribution in [1.29, 1.82) is 0 Å². The predicted molar refractivity (Wildman–Crippen MR) is 115 cm³/mol. The summed E-state index contributed by atoms with van der Waals surface area (Å²) < 4.78 is 6.49. The molecule has 4 rings (SSSR count). The minimum absolute atomic E-state index is 0.145. The van der Waals surface area contributed by atoms with E-state index in [0.717, 1.165) is 36.6 Å². The number of thiazole rings is 1. The van der Waals surface area contributed by atoms with Crippen LogP contribution < -0.4 is 15.0 Å². The first-order chi connectivity index (χ1) is 13.6. The number of anilines is 1. The lowest BCUT2D eigenvalue weighted by Gasteiger charge is -2.31. The van der Waals surface area contributed by atoms with Crippen molar-refractivity contribution in [2.24, 2.45) is 5.92 Å². The van der Waals surface area contributed by atoms with Crippen molar-refractivity contribution in [3.05, 3.63) is 53.1 Å². The molecule has 1 aromatic heterocycles. The van der Waals surface area contributed by atoms with Gasteiger partial charge < -0.3 is 15.0 Å². The maximum absolute atomic E-state index is 12.5. The molecule has 2 heterocycles. The molecule has 3 aromatic rings. The number of aromatic nitrogens is 1. The summed E-state index contributed by atoms with van der Waals surface area (Å²) in [5, 5.41) is 4.65. The van der Waals surface area contributed by atoms with E-state index < -0.39 is 0 Å². The number of nitrogens with zero attached hydrogens (tertiary/aromatic N) is 2. The van der Waals surface area contributed by atoms with Crippen molar-refractivity contribution < 1.29 is 9.53 Å². The second kappa shape index (κ2) is 8.37. The summed E-state index contributed by atoms with van der Waals surface area (Å²) in [5.41, 5.74) is 1.54. The Labute approximate surface area is 173 Å². The molecule has 7 heteroatoms. The van der Waals surface area contributed by atoms with Gasteiger partial charge in [-0.3, -0.25) is 4.79 Å². The molecular weight excluding hydrogens is 394 g/mol. The molecule has 146 valence electrons. The third-order valence-corrected chi connectivity index (χ3v) is 6.46. The highest BCUT2D eigenvalue weighted by atomic mass is 35.5. The lowest BCUT2D eigenvalue weighted by Crippen LogP contribution is -2.38. The highest BCUT2D eigenvalue weighted by Crippen LogP contribution is 2.31. The Kier molecular flexibility index (Phi) is 5.69. The zero-order chi connectivity index (χ0) is 19.5. The highest BCUT2D eigenvalue weighted by Gasteiger charge is 2.22. The van der Waals surface area contributed by atoms with Crippen molar-refractivity contribution in [2.75, 3.05) is 31.6 Å². The van der Waals surface area contributed by atoms with Crippen LogP contribution in [0.2, 0.25) is 5.02 Å². The number of carbonyl (C=O) groups is 1. The first-order valence-electron chi connectivity index (χ1n) is 9.36. The van der Waals surface area contributed by atoms with E-state index in [9.17, 15) is 4.79 Å². The Bertz CT molecular complexity index is 950.